The van der Waals surface area contributed by atoms with E-state index in [0.717, 1.165) is 11.3 Å². The molecule has 0 aromatic rings. The summed E-state index contributed by atoms with van der Waals surface area (Å²) in [5.74, 6) is 2.92. The molecule has 1 heterocycles. The predicted octanol–water partition coefficient (Wildman–Crippen LogP) is 1.82. The Morgan fingerprint density at radius 3 is 2.69 bits per heavy atom. The zero-order valence-electron chi connectivity index (χ0n) is 8.46. The molecule has 74 valence electrons. The monoisotopic (exact) mass is 199 g/mol. The van der Waals surface area contributed by atoms with Crippen LogP contribution in [0.1, 0.15) is 20.8 Å². The molecule has 0 spiro atoms. The molecule has 0 saturated carbocycles. The summed E-state index contributed by atoms with van der Waals surface area (Å²) in [4.78, 5) is 11.5. The molecule has 1 aliphatic rings. The van der Waals surface area contributed by atoms with Crippen LogP contribution >= 0.6 is 11.8 Å². The topological polar surface area (TPSA) is 29.1 Å². The van der Waals surface area contributed by atoms with E-state index in [0.29, 0.717) is 12.0 Å². The van der Waals surface area contributed by atoms with Crippen LogP contribution in [0.25, 0.3) is 0 Å². The van der Waals surface area contributed by atoms with Gasteiger partial charge in [0, 0.05) is 17.4 Å². The molecule has 0 aromatic heterocycles. The molecule has 0 aromatic carbocycles. The van der Waals surface area contributed by atoms with Crippen LogP contribution in [-0.2, 0) is 4.79 Å². The highest BCUT2D eigenvalue weighted by molar-refractivity contribution is 7.99. The quantitative estimate of drug-likeness (QED) is 0.687. The van der Waals surface area contributed by atoms with Gasteiger partial charge in [-0.2, -0.15) is 11.8 Å². The molecule has 1 rings (SSSR count). The summed E-state index contributed by atoms with van der Waals surface area (Å²) >= 11 is 1.92. The second-order valence-corrected chi connectivity index (χ2v) is 4.64. The van der Waals surface area contributed by atoms with Crippen LogP contribution in [0.4, 0.5) is 0 Å². The normalized spacial score (nSPS) is 29.0. The van der Waals surface area contributed by atoms with Crippen LogP contribution in [0.5, 0.6) is 0 Å². The van der Waals surface area contributed by atoms with Gasteiger partial charge in [0.25, 0.3) is 0 Å². The standard InChI is InChI=1S/C10H17NOS/c1-4-7(2)10(12)11-9-6-13-5-8(9)3/h4,8-9H,5-6H2,1-3H3,(H,11,12)/b7-4-. The summed E-state index contributed by atoms with van der Waals surface area (Å²) in [7, 11) is 0. The summed E-state index contributed by atoms with van der Waals surface area (Å²) < 4.78 is 0. The van der Waals surface area contributed by atoms with Gasteiger partial charge in [-0.3, -0.25) is 4.79 Å². The van der Waals surface area contributed by atoms with E-state index in [-0.39, 0.29) is 5.91 Å². The highest BCUT2D eigenvalue weighted by Crippen LogP contribution is 2.23. The lowest BCUT2D eigenvalue weighted by Crippen LogP contribution is -2.39. The van der Waals surface area contributed by atoms with Gasteiger partial charge in [-0.1, -0.05) is 13.0 Å². The van der Waals surface area contributed by atoms with Crippen molar-refractivity contribution in [1.82, 2.24) is 5.32 Å². The van der Waals surface area contributed by atoms with E-state index in [1.165, 1.54) is 5.75 Å². The summed E-state index contributed by atoms with van der Waals surface area (Å²) in [6, 6.07) is 0.368. The van der Waals surface area contributed by atoms with Crippen LogP contribution in [0, 0.1) is 5.92 Å². The second kappa shape index (κ2) is 4.70. The summed E-state index contributed by atoms with van der Waals surface area (Å²) in [5, 5.41) is 3.05. The van der Waals surface area contributed by atoms with Gasteiger partial charge in [-0.15, -0.1) is 0 Å². The highest BCUT2D eigenvalue weighted by atomic mass is 32.2. The van der Waals surface area contributed by atoms with E-state index in [4.69, 9.17) is 0 Å². The fourth-order valence-electron chi connectivity index (χ4n) is 1.26. The van der Waals surface area contributed by atoms with Crippen LogP contribution < -0.4 is 5.32 Å². The Morgan fingerprint density at radius 2 is 2.23 bits per heavy atom. The summed E-state index contributed by atoms with van der Waals surface area (Å²) in [6.07, 6.45) is 1.85. The summed E-state index contributed by atoms with van der Waals surface area (Å²) in [6.45, 7) is 5.93. The molecule has 1 N–H and O–H groups in total. The second-order valence-electron chi connectivity index (χ2n) is 3.57. The van der Waals surface area contributed by atoms with Gasteiger partial charge in [0.15, 0.2) is 0 Å². The van der Waals surface area contributed by atoms with Crippen LogP contribution in [0.3, 0.4) is 0 Å². The number of rotatable bonds is 2. The Kier molecular flexibility index (Phi) is 3.85. The number of hydrogen-bond acceptors (Lipinski definition) is 2. The zero-order valence-corrected chi connectivity index (χ0v) is 9.28. The molecular weight excluding hydrogens is 182 g/mol. The van der Waals surface area contributed by atoms with Gasteiger partial charge < -0.3 is 5.32 Å². The van der Waals surface area contributed by atoms with Crippen molar-refractivity contribution in [2.24, 2.45) is 5.92 Å². The van der Waals surface area contributed by atoms with E-state index < -0.39 is 0 Å². The molecule has 3 heteroatoms. The van der Waals surface area contributed by atoms with Gasteiger partial charge in [-0.05, 0) is 25.5 Å². The minimum Gasteiger partial charge on any atom is -0.348 e. The van der Waals surface area contributed by atoms with Crippen molar-refractivity contribution in [3.05, 3.63) is 11.6 Å². The maximum Gasteiger partial charge on any atom is 0.246 e. The smallest absolute Gasteiger partial charge is 0.246 e. The predicted molar refractivity (Wildman–Crippen MR) is 57.9 cm³/mol. The van der Waals surface area contributed by atoms with Gasteiger partial charge in [-0.25, -0.2) is 0 Å². The van der Waals surface area contributed by atoms with E-state index in [2.05, 4.69) is 12.2 Å². The molecule has 13 heavy (non-hydrogen) atoms. The lowest BCUT2D eigenvalue weighted by atomic mass is 10.1. The maximum absolute atomic E-state index is 11.5. The lowest BCUT2D eigenvalue weighted by molar-refractivity contribution is -0.118. The number of amides is 1. The average molecular weight is 199 g/mol. The molecule has 2 unspecified atom stereocenters. The molecule has 2 nitrogen and oxygen atoms in total. The Morgan fingerprint density at radius 1 is 1.54 bits per heavy atom. The van der Waals surface area contributed by atoms with Crippen molar-refractivity contribution >= 4 is 17.7 Å². The minimum atomic E-state index is 0.0850. The van der Waals surface area contributed by atoms with E-state index in [1.807, 2.05) is 31.7 Å². The van der Waals surface area contributed by atoms with Crippen molar-refractivity contribution < 1.29 is 4.79 Å². The molecule has 0 aliphatic carbocycles. The largest absolute Gasteiger partial charge is 0.348 e. The van der Waals surface area contributed by atoms with Crippen LogP contribution in [0.15, 0.2) is 11.6 Å². The zero-order chi connectivity index (χ0) is 9.84. The SMILES string of the molecule is C/C=C(/C)C(=O)NC1CSCC1C. The third-order valence-electron chi connectivity index (χ3n) is 2.47. The first-order valence-electron chi connectivity index (χ1n) is 4.66. The van der Waals surface area contributed by atoms with Gasteiger partial charge in [0.1, 0.15) is 0 Å². The Balaban J connectivity index is 2.44. The van der Waals surface area contributed by atoms with Gasteiger partial charge >= 0.3 is 0 Å². The molecular formula is C10H17NOS. The number of nitrogens with one attached hydrogen (secondary N) is 1. The average Bonchev–Trinajstić information content (AvgIpc) is 2.50. The number of carbonyl (C=O) groups is 1. The Labute approximate surface area is 84.2 Å². The lowest BCUT2D eigenvalue weighted by Gasteiger charge is -2.16. The first-order chi connectivity index (χ1) is 6.15. The number of carbonyl (C=O) groups excluding carboxylic acids is 1. The van der Waals surface area contributed by atoms with E-state index in [1.54, 1.807) is 0 Å². The molecule has 1 fully saturated rings. The third kappa shape index (κ3) is 2.76. The van der Waals surface area contributed by atoms with E-state index >= 15 is 0 Å². The molecule has 1 amide bonds. The van der Waals surface area contributed by atoms with Crippen molar-refractivity contribution in [3.63, 3.8) is 0 Å². The number of thioether (sulfide) groups is 1. The number of hydrogen-bond donors (Lipinski definition) is 1. The van der Waals surface area contributed by atoms with Crippen molar-refractivity contribution in [2.45, 2.75) is 26.8 Å². The van der Waals surface area contributed by atoms with Gasteiger partial charge in [0.05, 0.1) is 0 Å². The fraction of sp³-hybridized carbons (Fsp3) is 0.700. The van der Waals surface area contributed by atoms with Gasteiger partial charge in [0.2, 0.25) is 5.91 Å². The fourth-order valence-corrected chi connectivity index (χ4v) is 2.66. The molecule has 1 saturated heterocycles. The molecule has 2 atom stereocenters. The third-order valence-corrected chi connectivity index (χ3v) is 3.83. The summed E-state index contributed by atoms with van der Waals surface area (Å²) in [5.41, 5.74) is 0.809. The minimum absolute atomic E-state index is 0.0850. The first kappa shape index (κ1) is 10.6. The first-order valence-corrected chi connectivity index (χ1v) is 5.82. The van der Waals surface area contributed by atoms with E-state index in [9.17, 15) is 4.79 Å². The number of allylic oxidation sites excluding steroid dienone is 1. The Bertz CT molecular complexity index is 225. The molecule has 0 bridgehead atoms. The van der Waals surface area contributed by atoms with Crippen molar-refractivity contribution in [1.29, 1.82) is 0 Å². The highest BCUT2D eigenvalue weighted by Gasteiger charge is 2.25. The Hall–Kier alpha value is -0.440. The van der Waals surface area contributed by atoms with Crippen molar-refractivity contribution in [2.75, 3.05) is 11.5 Å². The molecule has 0 radical (unpaired) electrons. The maximum atomic E-state index is 11.5. The van der Waals surface area contributed by atoms with Crippen LogP contribution in [0.2, 0.25) is 0 Å². The van der Waals surface area contributed by atoms with Crippen molar-refractivity contribution in [3.8, 4) is 0 Å². The molecule has 1 aliphatic heterocycles. The van der Waals surface area contributed by atoms with Crippen LogP contribution in [-0.4, -0.2) is 23.5 Å².